The predicted octanol–water partition coefficient (Wildman–Crippen LogP) is 0.406. The first kappa shape index (κ1) is 13.8. The Balaban J connectivity index is 2.57. The number of nitrogens with one attached hydrogen (secondary N) is 1. The summed E-state index contributed by atoms with van der Waals surface area (Å²) in [4.78, 5) is 24.1. The van der Waals surface area contributed by atoms with Crippen LogP contribution in [-0.4, -0.2) is 51.8 Å². The Morgan fingerprint density at radius 1 is 1.41 bits per heavy atom. The van der Waals surface area contributed by atoms with Crippen LogP contribution in [-0.2, 0) is 4.79 Å². The first-order valence-corrected chi connectivity index (χ1v) is 5.65. The largest absolute Gasteiger partial charge is 0.480 e. The van der Waals surface area contributed by atoms with Gasteiger partial charge in [-0.2, -0.15) is 0 Å². The molecule has 3 N–H and O–H groups in total. The van der Waals surface area contributed by atoms with Crippen LogP contribution in [0.15, 0.2) is 0 Å². The maximum atomic E-state index is 11.8. The van der Waals surface area contributed by atoms with Crippen molar-refractivity contribution >= 4 is 12.0 Å². The Morgan fingerprint density at radius 3 is 2.24 bits per heavy atom. The van der Waals surface area contributed by atoms with Gasteiger partial charge in [0.05, 0.1) is 12.1 Å². The monoisotopic (exact) mass is 244 g/mol. The molecule has 98 valence electrons. The number of hydrogen-bond acceptors (Lipinski definition) is 3. The lowest BCUT2D eigenvalue weighted by Crippen LogP contribution is -2.62. The third kappa shape index (κ3) is 3.33. The molecule has 1 aliphatic carbocycles. The zero-order chi connectivity index (χ0) is 13.3. The highest BCUT2D eigenvalue weighted by atomic mass is 16.4. The average Bonchev–Trinajstić information content (AvgIpc) is 2.07. The quantitative estimate of drug-likeness (QED) is 0.668. The van der Waals surface area contributed by atoms with Crippen molar-refractivity contribution in [2.75, 3.05) is 13.6 Å². The highest BCUT2D eigenvalue weighted by Crippen LogP contribution is 2.32. The number of likely N-dealkylation sites (N-methyl/N-ethyl adjacent to an activating group) is 1. The third-order valence-corrected chi connectivity index (χ3v) is 2.93. The van der Waals surface area contributed by atoms with E-state index in [9.17, 15) is 14.7 Å². The number of carboxylic acids is 1. The summed E-state index contributed by atoms with van der Waals surface area (Å²) in [5.41, 5.74) is -2.10. The number of amides is 2. The summed E-state index contributed by atoms with van der Waals surface area (Å²) < 4.78 is 0. The van der Waals surface area contributed by atoms with E-state index >= 15 is 0 Å². The maximum absolute atomic E-state index is 11.8. The van der Waals surface area contributed by atoms with Gasteiger partial charge in [-0.25, -0.2) is 9.59 Å². The molecule has 1 fully saturated rings. The van der Waals surface area contributed by atoms with Gasteiger partial charge in [0.15, 0.2) is 0 Å². The molecule has 6 heteroatoms. The third-order valence-electron chi connectivity index (χ3n) is 2.93. The maximum Gasteiger partial charge on any atom is 0.329 e. The summed E-state index contributed by atoms with van der Waals surface area (Å²) >= 11 is 0. The fourth-order valence-electron chi connectivity index (χ4n) is 1.87. The molecule has 17 heavy (non-hydrogen) atoms. The molecular formula is C11H20N2O4. The van der Waals surface area contributed by atoms with E-state index in [0.29, 0.717) is 12.8 Å². The summed E-state index contributed by atoms with van der Waals surface area (Å²) in [6, 6.07) is -0.464. The molecular weight excluding hydrogens is 224 g/mol. The van der Waals surface area contributed by atoms with Crippen LogP contribution >= 0.6 is 0 Å². The van der Waals surface area contributed by atoms with Crippen molar-refractivity contribution < 1.29 is 19.8 Å². The van der Waals surface area contributed by atoms with Gasteiger partial charge in [-0.15, -0.1) is 0 Å². The lowest BCUT2D eigenvalue weighted by Gasteiger charge is -2.39. The SMILES string of the molecule is CN(CC(C)(C)O)C(=O)NC1(C(=O)O)CCC1. The van der Waals surface area contributed by atoms with Crippen LogP contribution in [0.3, 0.4) is 0 Å². The van der Waals surface area contributed by atoms with E-state index < -0.39 is 23.1 Å². The number of aliphatic carboxylic acids is 1. The second-order valence-corrected chi connectivity index (χ2v) is 5.34. The number of carbonyl (C=O) groups excluding carboxylic acids is 1. The van der Waals surface area contributed by atoms with E-state index in [0.717, 1.165) is 6.42 Å². The average molecular weight is 244 g/mol. The van der Waals surface area contributed by atoms with Crippen LogP contribution in [0.2, 0.25) is 0 Å². The Kier molecular flexibility index (Phi) is 3.66. The fraction of sp³-hybridized carbons (Fsp3) is 0.818. The minimum atomic E-state index is -1.11. The van der Waals surface area contributed by atoms with Crippen molar-refractivity contribution in [3.05, 3.63) is 0 Å². The molecule has 0 aromatic carbocycles. The molecule has 2 amide bonds. The number of hydrogen-bond donors (Lipinski definition) is 3. The van der Waals surface area contributed by atoms with Crippen molar-refractivity contribution in [3.63, 3.8) is 0 Å². The highest BCUT2D eigenvalue weighted by Gasteiger charge is 2.46. The minimum Gasteiger partial charge on any atom is -0.480 e. The fourth-order valence-corrected chi connectivity index (χ4v) is 1.87. The molecule has 0 saturated heterocycles. The first-order valence-electron chi connectivity index (χ1n) is 5.65. The zero-order valence-electron chi connectivity index (χ0n) is 10.5. The molecule has 1 aliphatic rings. The topological polar surface area (TPSA) is 89.9 Å². The normalized spacial score (nSPS) is 18.1. The molecule has 0 aromatic heterocycles. The van der Waals surface area contributed by atoms with Crippen molar-refractivity contribution in [1.82, 2.24) is 10.2 Å². The van der Waals surface area contributed by atoms with E-state index in [1.807, 2.05) is 0 Å². The molecule has 0 aliphatic heterocycles. The minimum absolute atomic E-state index is 0.147. The van der Waals surface area contributed by atoms with Crippen LogP contribution < -0.4 is 5.32 Å². The van der Waals surface area contributed by atoms with Crippen molar-refractivity contribution in [3.8, 4) is 0 Å². The van der Waals surface area contributed by atoms with Gasteiger partial charge in [-0.1, -0.05) is 0 Å². The standard InChI is InChI=1S/C11H20N2O4/c1-10(2,17)7-13(3)9(16)12-11(8(14)15)5-4-6-11/h17H,4-7H2,1-3H3,(H,12,16)(H,14,15). The van der Waals surface area contributed by atoms with Crippen LogP contribution in [0, 0.1) is 0 Å². The molecule has 0 heterocycles. The molecule has 0 bridgehead atoms. The molecule has 1 saturated carbocycles. The highest BCUT2D eigenvalue weighted by molar-refractivity contribution is 5.87. The summed E-state index contributed by atoms with van der Waals surface area (Å²) in [6.45, 7) is 3.33. The van der Waals surface area contributed by atoms with E-state index in [1.54, 1.807) is 13.8 Å². The molecule has 0 unspecified atom stereocenters. The molecule has 0 spiro atoms. The second kappa shape index (κ2) is 4.52. The first-order chi connectivity index (χ1) is 7.66. The van der Waals surface area contributed by atoms with Gasteiger partial charge >= 0.3 is 12.0 Å². The molecule has 0 aromatic rings. The van der Waals surface area contributed by atoms with Gasteiger partial charge in [0.25, 0.3) is 0 Å². The van der Waals surface area contributed by atoms with Crippen molar-refractivity contribution in [1.29, 1.82) is 0 Å². The van der Waals surface area contributed by atoms with Crippen LogP contribution in [0.25, 0.3) is 0 Å². The number of rotatable bonds is 4. The summed E-state index contributed by atoms with van der Waals surface area (Å²) in [7, 11) is 1.53. The number of carbonyl (C=O) groups is 2. The molecule has 6 nitrogen and oxygen atoms in total. The van der Waals surface area contributed by atoms with Gasteiger partial charge in [0.2, 0.25) is 0 Å². The molecule has 0 atom stereocenters. The molecule has 1 rings (SSSR count). The van der Waals surface area contributed by atoms with Crippen molar-refractivity contribution in [2.24, 2.45) is 0 Å². The second-order valence-electron chi connectivity index (χ2n) is 5.34. The Morgan fingerprint density at radius 2 is 1.94 bits per heavy atom. The lowest BCUT2D eigenvalue weighted by atomic mass is 9.77. The van der Waals surface area contributed by atoms with E-state index in [4.69, 9.17) is 5.11 Å². The summed E-state index contributed by atoms with van der Waals surface area (Å²) in [5.74, 6) is -0.992. The predicted molar refractivity (Wildman–Crippen MR) is 61.7 cm³/mol. The number of nitrogens with zero attached hydrogens (tertiary/aromatic N) is 1. The number of carboxylic acid groups (broad SMARTS) is 1. The lowest BCUT2D eigenvalue weighted by molar-refractivity contribution is -0.148. The van der Waals surface area contributed by atoms with Gasteiger partial charge in [-0.05, 0) is 33.1 Å². The van der Waals surface area contributed by atoms with Crippen molar-refractivity contribution in [2.45, 2.75) is 44.2 Å². The van der Waals surface area contributed by atoms with Gasteiger partial charge in [0.1, 0.15) is 5.54 Å². The zero-order valence-corrected chi connectivity index (χ0v) is 10.5. The smallest absolute Gasteiger partial charge is 0.329 e. The van der Waals surface area contributed by atoms with Gasteiger partial charge < -0.3 is 20.4 Å². The van der Waals surface area contributed by atoms with E-state index in [2.05, 4.69) is 5.32 Å². The Bertz CT molecular complexity index is 318. The van der Waals surface area contributed by atoms with Gasteiger partial charge in [0, 0.05) is 7.05 Å². The summed E-state index contributed by atoms with van der Waals surface area (Å²) in [5, 5.41) is 21.2. The number of urea groups is 1. The Labute approximate surface area is 101 Å². The molecule has 0 radical (unpaired) electrons. The van der Waals surface area contributed by atoms with E-state index in [1.165, 1.54) is 11.9 Å². The Hall–Kier alpha value is -1.30. The number of aliphatic hydroxyl groups is 1. The van der Waals surface area contributed by atoms with Crippen LogP contribution in [0.4, 0.5) is 4.79 Å². The van der Waals surface area contributed by atoms with Crippen LogP contribution in [0.1, 0.15) is 33.1 Å². The van der Waals surface area contributed by atoms with Crippen LogP contribution in [0.5, 0.6) is 0 Å². The summed E-state index contributed by atoms with van der Waals surface area (Å²) in [6.07, 6.45) is 1.73. The van der Waals surface area contributed by atoms with E-state index in [-0.39, 0.29) is 6.54 Å². The van der Waals surface area contributed by atoms with Gasteiger partial charge in [-0.3, -0.25) is 0 Å².